The zero-order valence-corrected chi connectivity index (χ0v) is 9.82. The van der Waals surface area contributed by atoms with Gasteiger partial charge in [-0.05, 0) is 12.1 Å². The summed E-state index contributed by atoms with van der Waals surface area (Å²) >= 11 is 0. The summed E-state index contributed by atoms with van der Waals surface area (Å²) in [6, 6.07) is 8.51. The molecule has 2 unspecified atom stereocenters. The van der Waals surface area contributed by atoms with Crippen LogP contribution in [0.1, 0.15) is 11.4 Å². The van der Waals surface area contributed by atoms with Gasteiger partial charge in [-0.15, -0.1) is 0 Å². The first kappa shape index (κ1) is 9.88. The van der Waals surface area contributed by atoms with Crippen molar-refractivity contribution in [3.8, 4) is 0 Å². The first-order valence-corrected chi connectivity index (χ1v) is 6.19. The number of benzene rings is 1. The van der Waals surface area contributed by atoms with Gasteiger partial charge in [-0.25, -0.2) is 9.97 Å². The first-order chi connectivity index (χ1) is 8.90. The van der Waals surface area contributed by atoms with E-state index in [1.54, 1.807) is 12.4 Å². The van der Waals surface area contributed by atoms with Crippen molar-refractivity contribution < 1.29 is 0 Å². The Kier molecular flexibility index (Phi) is 2.03. The summed E-state index contributed by atoms with van der Waals surface area (Å²) in [5, 5.41) is 0. The molecule has 0 N–H and O–H groups in total. The number of hydrogen-bond donors (Lipinski definition) is 0. The number of aliphatic imine (C=N–C) groups is 2. The summed E-state index contributed by atoms with van der Waals surface area (Å²) in [4.78, 5) is 18.4. The molecule has 4 heteroatoms. The van der Waals surface area contributed by atoms with Crippen LogP contribution in [0, 0.1) is 0 Å². The van der Waals surface area contributed by atoms with E-state index < -0.39 is 0 Å². The smallest absolute Gasteiger partial charge is 0.0890 e. The van der Waals surface area contributed by atoms with Gasteiger partial charge in [0.05, 0.1) is 34.5 Å². The van der Waals surface area contributed by atoms with Gasteiger partial charge in [0.15, 0.2) is 0 Å². The van der Waals surface area contributed by atoms with Crippen molar-refractivity contribution in [3.63, 3.8) is 0 Å². The molecule has 2 aromatic rings. The molecule has 0 saturated carbocycles. The number of fused-ring (bicyclic) bond motifs is 3. The monoisotopic (exact) mass is 236 g/mol. The molecule has 2 heterocycles. The van der Waals surface area contributed by atoms with Crippen LogP contribution in [0.15, 0.2) is 34.3 Å². The highest BCUT2D eigenvalue weighted by atomic mass is 15.0. The van der Waals surface area contributed by atoms with E-state index >= 15 is 0 Å². The van der Waals surface area contributed by atoms with E-state index in [2.05, 4.69) is 9.98 Å². The van der Waals surface area contributed by atoms with Gasteiger partial charge in [-0.3, -0.25) is 9.98 Å². The van der Waals surface area contributed by atoms with E-state index in [9.17, 15) is 0 Å². The van der Waals surface area contributed by atoms with Gasteiger partial charge in [0, 0.05) is 25.3 Å². The fourth-order valence-corrected chi connectivity index (χ4v) is 2.67. The molecule has 1 aliphatic carbocycles. The predicted octanol–water partition coefficient (Wildman–Crippen LogP) is 1.62. The molecule has 88 valence electrons. The Bertz CT molecular complexity index is 616. The lowest BCUT2D eigenvalue weighted by Gasteiger charge is -2.28. The van der Waals surface area contributed by atoms with E-state index in [0.29, 0.717) is 0 Å². The Hall–Kier alpha value is -2.10. The molecule has 4 nitrogen and oxygen atoms in total. The Balaban J connectivity index is 1.85. The second-order valence-electron chi connectivity index (χ2n) is 4.74. The summed E-state index contributed by atoms with van der Waals surface area (Å²) < 4.78 is 0. The highest BCUT2D eigenvalue weighted by molar-refractivity contribution is 6.16. The average Bonchev–Trinajstić information content (AvgIpc) is 2.42. The quantitative estimate of drug-likeness (QED) is 0.698. The van der Waals surface area contributed by atoms with Crippen LogP contribution in [0.5, 0.6) is 0 Å². The Labute approximate surface area is 105 Å². The molecule has 0 spiro atoms. The fraction of sp³-hybridized carbons (Fsp3) is 0.286. The van der Waals surface area contributed by atoms with Crippen LogP contribution < -0.4 is 0 Å². The van der Waals surface area contributed by atoms with Crippen molar-refractivity contribution in [2.75, 3.05) is 0 Å². The molecule has 1 aromatic heterocycles. The van der Waals surface area contributed by atoms with Gasteiger partial charge in [-0.2, -0.15) is 0 Å². The number of hydrogen-bond acceptors (Lipinski definition) is 4. The lowest BCUT2D eigenvalue weighted by molar-refractivity contribution is 0.483. The van der Waals surface area contributed by atoms with Gasteiger partial charge in [0.25, 0.3) is 0 Å². The van der Waals surface area contributed by atoms with Crippen LogP contribution in [0.4, 0.5) is 0 Å². The molecule has 18 heavy (non-hydrogen) atoms. The molecule has 0 fully saturated rings. The molecule has 0 saturated heterocycles. The Morgan fingerprint density at radius 1 is 0.778 bits per heavy atom. The minimum atomic E-state index is 0.248. The van der Waals surface area contributed by atoms with Crippen molar-refractivity contribution in [3.05, 3.63) is 35.7 Å². The zero-order valence-electron chi connectivity index (χ0n) is 9.82. The van der Waals surface area contributed by atoms with Crippen molar-refractivity contribution in [2.24, 2.45) is 9.98 Å². The summed E-state index contributed by atoms with van der Waals surface area (Å²) in [6.07, 6.45) is 5.29. The number of para-hydroxylation sites is 2. The van der Waals surface area contributed by atoms with Crippen LogP contribution in [-0.2, 0) is 12.8 Å². The zero-order chi connectivity index (χ0) is 11.9. The van der Waals surface area contributed by atoms with Gasteiger partial charge in [0.2, 0.25) is 0 Å². The molecule has 0 radical (unpaired) electrons. The van der Waals surface area contributed by atoms with Crippen molar-refractivity contribution >= 4 is 23.5 Å². The van der Waals surface area contributed by atoms with Crippen LogP contribution in [-0.4, -0.2) is 34.5 Å². The summed E-state index contributed by atoms with van der Waals surface area (Å²) in [5.74, 6) is 0. The highest BCUT2D eigenvalue weighted by Crippen LogP contribution is 2.25. The van der Waals surface area contributed by atoms with Crippen molar-refractivity contribution in [1.82, 2.24) is 9.97 Å². The van der Waals surface area contributed by atoms with Gasteiger partial charge >= 0.3 is 0 Å². The predicted molar refractivity (Wildman–Crippen MR) is 71.5 cm³/mol. The fourth-order valence-electron chi connectivity index (χ4n) is 2.67. The first-order valence-electron chi connectivity index (χ1n) is 6.19. The molecule has 1 aromatic carbocycles. The third kappa shape index (κ3) is 1.45. The summed E-state index contributed by atoms with van der Waals surface area (Å²) in [7, 11) is 0. The number of rotatable bonds is 0. The Morgan fingerprint density at radius 2 is 1.28 bits per heavy atom. The molecule has 2 atom stereocenters. The molecule has 0 amide bonds. The second-order valence-corrected chi connectivity index (χ2v) is 4.74. The van der Waals surface area contributed by atoms with Crippen LogP contribution >= 0.6 is 0 Å². The molecular formula is C14H12N4. The maximum Gasteiger partial charge on any atom is 0.0890 e. The summed E-state index contributed by atoms with van der Waals surface area (Å²) in [5.41, 5.74) is 4.12. The third-order valence-corrected chi connectivity index (χ3v) is 3.60. The van der Waals surface area contributed by atoms with Crippen molar-refractivity contribution in [1.29, 1.82) is 0 Å². The van der Waals surface area contributed by atoms with Gasteiger partial charge in [-0.1, -0.05) is 12.1 Å². The van der Waals surface area contributed by atoms with E-state index in [4.69, 9.17) is 9.97 Å². The van der Waals surface area contributed by atoms with Crippen LogP contribution in [0.3, 0.4) is 0 Å². The average molecular weight is 236 g/mol. The normalized spacial score (nSPS) is 24.9. The summed E-state index contributed by atoms with van der Waals surface area (Å²) in [6.45, 7) is 0. The Morgan fingerprint density at radius 3 is 1.78 bits per heavy atom. The van der Waals surface area contributed by atoms with E-state index in [0.717, 1.165) is 35.3 Å². The van der Waals surface area contributed by atoms with E-state index in [-0.39, 0.29) is 12.1 Å². The molecular weight excluding hydrogens is 224 g/mol. The van der Waals surface area contributed by atoms with Gasteiger partial charge < -0.3 is 0 Å². The third-order valence-electron chi connectivity index (χ3n) is 3.60. The van der Waals surface area contributed by atoms with Crippen molar-refractivity contribution in [2.45, 2.75) is 24.9 Å². The second kappa shape index (κ2) is 3.70. The lowest BCUT2D eigenvalue weighted by Crippen LogP contribution is -2.35. The standard InChI is InChI=1S/C14H12N4/c1-2-4-10-9(3-1)17-13-7-11-12(8-14(13)18-10)16-6-5-15-11/h1-6,11-12H,7-8H2. The maximum absolute atomic E-state index is 4.72. The molecule has 0 bridgehead atoms. The van der Waals surface area contributed by atoms with Crippen LogP contribution in [0.25, 0.3) is 11.0 Å². The maximum atomic E-state index is 4.72. The highest BCUT2D eigenvalue weighted by Gasteiger charge is 2.30. The molecule has 4 rings (SSSR count). The lowest BCUT2D eigenvalue weighted by atomic mass is 9.90. The topological polar surface area (TPSA) is 50.5 Å². The largest absolute Gasteiger partial charge is 0.286 e. The molecule has 2 aliphatic rings. The minimum Gasteiger partial charge on any atom is -0.286 e. The van der Waals surface area contributed by atoms with Crippen LogP contribution in [0.2, 0.25) is 0 Å². The number of aromatic nitrogens is 2. The van der Waals surface area contributed by atoms with E-state index in [1.165, 1.54) is 0 Å². The molecule has 1 aliphatic heterocycles. The minimum absolute atomic E-state index is 0.248. The van der Waals surface area contributed by atoms with Gasteiger partial charge in [0.1, 0.15) is 0 Å². The number of nitrogens with zero attached hydrogens (tertiary/aromatic N) is 4. The SMILES string of the molecule is C1=NC2Cc3nc4ccccc4nc3CC2N=C1. The van der Waals surface area contributed by atoms with E-state index in [1.807, 2.05) is 24.3 Å².